The fourth-order valence-corrected chi connectivity index (χ4v) is 11.0. The zero-order valence-electron chi connectivity index (χ0n) is 59.9. The summed E-state index contributed by atoms with van der Waals surface area (Å²) < 4.78 is 68.4. The number of piperidine rings is 1. The lowest BCUT2D eigenvalue weighted by molar-refractivity contribution is -0.140. The molecule has 0 spiro atoms. The predicted octanol–water partition coefficient (Wildman–Crippen LogP) is 1.18. The second kappa shape index (κ2) is 52.3. The van der Waals surface area contributed by atoms with Gasteiger partial charge < -0.3 is 97.9 Å². The number of carbonyl (C=O) groups excluding carboxylic acids is 3. The normalized spacial score (nSPS) is 15.0. The zero-order chi connectivity index (χ0) is 73.4. The minimum atomic E-state index is -1.03. The van der Waals surface area contributed by atoms with Crippen molar-refractivity contribution in [3.8, 4) is 28.6 Å². The molecule has 102 heavy (non-hydrogen) atoms. The third kappa shape index (κ3) is 36.7. The van der Waals surface area contributed by atoms with Gasteiger partial charge in [-0.15, -0.1) is 10.2 Å². The number of hydrogen-bond donors (Lipinski definition) is 7. The number of carboxylic acid groups (broad SMARTS) is 3. The first-order chi connectivity index (χ1) is 49.5. The van der Waals surface area contributed by atoms with E-state index in [1.807, 2.05) is 54.8 Å². The first-order valence-corrected chi connectivity index (χ1v) is 35.4. The Hall–Kier alpha value is -6.64. The molecule has 5 rings (SSSR count). The van der Waals surface area contributed by atoms with Gasteiger partial charge in [-0.1, -0.05) is 26.0 Å². The molecule has 3 amide bonds. The van der Waals surface area contributed by atoms with Crippen molar-refractivity contribution in [1.82, 2.24) is 49.9 Å². The van der Waals surface area contributed by atoms with Gasteiger partial charge in [0.2, 0.25) is 17.6 Å². The van der Waals surface area contributed by atoms with Gasteiger partial charge in [-0.05, 0) is 67.3 Å². The fourth-order valence-electron chi connectivity index (χ4n) is 11.0. The third-order valence-corrected chi connectivity index (χ3v) is 16.4. The monoisotopic (exact) mass is 1450 g/mol. The van der Waals surface area contributed by atoms with Crippen LogP contribution in [0.25, 0.3) is 17.1 Å². The predicted molar refractivity (Wildman–Crippen MR) is 371 cm³/mol. The summed E-state index contributed by atoms with van der Waals surface area (Å²) in [4.78, 5) is 82.2. The van der Waals surface area contributed by atoms with E-state index in [1.54, 1.807) is 25.3 Å². The molecule has 3 aromatic rings. The number of likely N-dealkylation sites (tertiary alicyclic amines) is 1. The van der Waals surface area contributed by atoms with Crippen LogP contribution in [-0.2, 0) is 87.2 Å². The van der Waals surface area contributed by atoms with Gasteiger partial charge in [0, 0.05) is 90.3 Å². The molecule has 0 radical (unpaired) electrons. The second-order valence-electron chi connectivity index (χ2n) is 24.6. The number of nitrogens with one attached hydrogen (secondary N) is 2. The van der Waals surface area contributed by atoms with E-state index in [1.165, 1.54) is 6.07 Å². The molecule has 576 valence electrons. The number of benzene rings is 2. The molecule has 0 atom stereocenters. The number of nitrogens with zero attached hydrogens (tertiary/aromatic N) is 8. The van der Waals surface area contributed by atoms with Crippen molar-refractivity contribution in [2.45, 2.75) is 52.4 Å². The Kier molecular flexibility index (Phi) is 44.1. The van der Waals surface area contributed by atoms with Crippen molar-refractivity contribution in [2.24, 2.45) is 5.92 Å². The molecular formula is C69H112N10O23. The number of hydrogen-bond acceptors (Lipinski definition) is 26. The minimum absolute atomic E-state index is 0.0214. The summed E-state index contributed by atoms with van der Waals surface area (Å²) in [7, 11) is 0. The Labute approximate surface area is 598 Å². The fraction of sp³-hybridized carbons (Fsp3) is 0.710. The number of rotatable bonds is 54. The summed E-state index contributed by atoms with van der Waals surface area (Å²) in [5.41, 5.74) is 2.76. The molecule has 3 heterocycles. The van der Waals surface area contributed by atoms with Gasteiger partial charge in [-0.3, -0.25) is 52.9 Å². The maximum Gasteiger partial charge on any atom is 0.317 e. The van der Waals surface area contributed by atoms with Crippen molar-refractivity contribution < 1.29 is 111 Å². The smallest absolute Gasteiger partial charge is 0.317 e. The topological polar surface area (TPSA) is 385 Å². The van der Waals surface area contributed by atoms with Crippen molar-refractivity contribution in [1.29, 1.82) is 0 Å². The van der Waals surface area contributed by atoms with Gasteiger partial charge in [-0.2, -0.15) is 0 Å². The van der Waals surface area contributed by atoms with E-state index in [0.29, 0.717) is 253 Å². The van der Waals surface area contributed by atoms with Crippen LogP contribution in [0.15, 0.2) is 36.4 Å². The summed E-state index contributed by atoms with van der Waals surface area (Å²) in [6.45, 7) is 19.2. The van der Waals surface area contributed by atoms with Gasteiger partial charge in [-0.25, -0.2) is 0 Å². The van der Waals surface area contributed by atoms with E-state index in [9.17, 15) is 54.3 Å². The van der Waals surface area contributed by atoms with E-state index in [4.69, 9.17) is 56.8 Å². The summed E-state index contributed by atoms with van der Waals surface area (Å²) >= 11 is 0. The number of phenols is 2. The second-order valence-corrected chi connectivity index (χ2v) is 24.6. The first-order valence-electron chi connectivity index (χ1n) is 35.4. The molecule has 1 aromatic heterocycles. The van der Waals surface area contributed by atoms with Crippen molar-refractivity contribution in [3.05, 3.63) is 53.3 Å². The average molecular weight is 1450 g/mol. The maximum atomic E-state index is 13.1. The summed E-state index contributed by atoms with van der Waals surface area (Å²) in [6.07, 6.45) is 2.92. The summed E-state index contributed by atoms with van der Waals surface area (Å²) in [6, 6.07) is 10.8. The SMILES string of the molecule is CCNC(=O)c1nnc(-c2cc(C(C)C)c(O)cc2O)n1-c1ccc(CC2CCN(C(=O)CCOCCOCCOCCOCCOCCOCCOCCOCCOCCOCCOCCOCCNC(=O)CN3CCN(CC(=O)O)CCN(CC(=O)O)CCN(CC(=O)O)CC3)CC2)cc1. The van der Waals surface area contributed by atoms with Crippen molar-refractivity contribution >= 4 is 35.6 Å². The van der Waals surface area contributed by atoms with E-state index in [-0.39, 0.29) is 80.2 Å². The molecule has 2 aliphatic rings. The Morgan fingerprint density at radius 3 is 1.22 bits per heavy atom. The lowest BCUT2D eigenvalue weighted by Crippen LogP contribution is -2.50. The van der Waals surface area contributed by atoms with E-state index in [0.717, 1.165) is 24.8 Å². The lowest BCUT2D eigenvalue weighted by Gasteiger charge is -2.32. The van der Waals surface area contributed by atoms with E-state index >= 15 is 0 Å². The molecule has 0 unspecified atom stereocenters. The molecule has 2 aromatic carbocycles. The molecule has 2 saturated heterocycles. The van der Waals surface area contributed by atoms with Gasteiger partial charge in [0.15, 0.2) is 5.82 Å². The van der Waals surface area contributed by atoms with Gasteiger partial charge in [0.25, 0.3) is 5.91 Å². The molecule has 7 N–H and O–H groups in total. The molecule has 0 bridgehead atoms. The number of carboxylic acids is 3. The molecule has 33 heteroatoms. The van der Waals surface area contributed by atoms with Crippen LogP contribution in [0.4, 0.5) is 0 Å². The highest BCUT2D eigenvalue weighted by Gasteiger charge is 2.27. The highest BCUT2D eigenvalue weighted by molar-refractivity contribution is 5.92. The van der Waals surface area contributed by atoms with Crippen LogP contribution in [0.5, 0.6) is 11.5 Å². The van der Waals surface area contributed by atoms with Gasteiger partial charge in [0.05, 0.1) is 197 Å². The number of amides is 3. The van der Waals surface area contributed by atoms with Crippen LogP contribution in [0.2, 0.25) is 0 Å². The average Bonchev–Trinajstić information content (AvgIpc) is 1.58. The molecule has 0 saturated carbocycles. The van der Waals surface area contributed by atoms with Gasteiger partial charge >= 0.3 is 17.9 Å². The number of aromatic nitrogens is 3. The number of aromatic hydroxyl groups is 2. The van der Waals surface area contributed by atoms with Crippen molar-refractivity contribution in [3.63, 3.8) is 0 Å². The standard InChI is InChI=1S/C69H112N10O23/c1-4-70-69(90)68-73-72-67(59-48-58(54(2)3)60(80)49-61(59)81)79(68)57-7-5-55(6-8-57)47-56-9-13-78(14-10-56)63(83)11-23-91-25-27-93-29-31-95-33-35-97-37-39-99-41-43-101-45-46-102-44-42-100-40-38-98-36-34-96-32-30-94-28-26-92-24-12-71-62(82)50-74-15-17-75(51-64(84)85)19-21-77(53-66(88)89)22-20-76(18-16-74)52-65(86)87/h5-8,48-49,54,56,80-81H,4,9-47,50-53H2,1-3H3,(H,70,90)(H,71,82)(H,84,85)(H,86,87)(H,88,89). The molecule has 2 fully saturated rings. The summed E-state index contributed by atoms with van der Waals surface area (Å²) in [5.74, 6) is -3.11. The third-order valence-electron chi connectivity index (χ3n) is 16.4. The number of carbonyl (C=O) groups is 6. The quantitative estimate of drug-likeness (QED) is 0.0390. The highest BCUT2D eigenvalue weighted by Crippen LogP contribution is 2.38. The van der Waals surface area contributed by atoms with Crippen molar-refractivity contribution in [2.75, 3.05) is 263 Å². The molecule has 0 aliphatic carbocycles. The van der Waals surface area contributed by atoms with E-state index in [2.05, 4.69) is 20.8 Å². The number of aliphatic carboxylic acids is 3. The molecular weight excluding hydrogens is 1340 g/mol. The van der Waals surface area contributed by atoms with Crippen LogP contribution in [0, 0.1) is 5.92 Å². The summed E-state index contributed by atoms with van der Waals surface area (Å²) in [5, 5.41) is 63.7. The van der Waals surface area contributed by atoms with Crippen LogP contribution >= 0.6 is 0 Å². The van der Waals surface area contributed by atoms with Gasteiger partial charge in [0.1, 0.15) is 11.5 Å². The number of ether oxygens (including phenoxy) is 12. The minimum Gasteiger partial charge on any atom is -0.508 e. The largest absolute Gasteiger partial charge is 0.508 e. The lowest BCUT2D eigenvalue weighted by atomic mass is 9.90. The van der Waals surface area contributed by atoms with Crippen LogP contribution in [0.1, 0.15) is 67.7 Å². The Bertz CT molecular complexity index is 2800. The Balaban J connectivity index is 0.724. The van der Waals surface area contributed by atoms with E-state index < -0.39 is 23.8 Å². The molecule has 33 nitrogen and oxygen atoms in total. The zero-order valence-corrected chi connectivity index (χ0v) is 59.9. The van der Waals surface area contributed by atoms with Crippen LogP contribution in [-0.4, -0.2) is 364 Å². The Morgan fingerprint density at radius 1 is 0.471 bits per heavy atom. The number of phenolic OH excluding ortho intramolecular Hbond substituents is 2. The maximum absolute atomic E-state index is 13.1. The van der Waals surface area contributed by atoms with Crippen LogP contribution in [0.3, 0.4) is 0 Å². The van der Waals surface area contributed by atoms with Crippen LogP contribution < -0.4 is 10.6 Å². The molecule has 2 aliphatic heterocycles. The first kappa shape index (κ1) is 86.0. The Morgan fingerprint density at radius 2 is 0.843 bits per heavy atom. The highest BCUT2D eigenvalue weighted by atomic mass is 16.6.